The first-order valence-corrected chi connectivity index (χ1v) is 9.60. The molecule has 132 valence electrons. The minimum absolute atomic E-state index is 0.0108. The summed E-state index contributed by atoms with van der Waals surface area (Å²) in [4.78, 5) is 14.0. The molecule has 1 N–H and O–H groups in total. The molecule has 1 saturated carbocycles. The standard InChI is InChI=1S/C17H23FN2O3S/c1-3-11-19-24(22,23)16-12-13(9-10-15(16)18)17(21)20(4-2)14-7-5-6-8-14/h3,9-10,12,14,19H,1,4-8,11H2,2H3. The highest BCUT2D eigenvalue weighted by atomic mass is 32.2. The maximum atomic E-state index is 14.0. The average Bonchev–Trinajstić information content (AvgIpc) is 3.08. The van der Waals surface area contributed by atoms with Gasteiger partial charge in [-0.05, 0) is 38.0 Å². The number of hydrogen-bond donors (Lipinski definition) is 1. The Hall–Kier alpha value is -1.73. The zero-order valence-corrected chi connectivity index (χ0v) is 14.6. The number of halogens is 1. The van der Waals surface area contributed by atoms with Crippen LogP contribution in [0.15, 0.2) is 35.7 Å². The molecule has 1 aromatic rings. The molecule has 1 fully saturated rings. The summed E-state index contributed by atoms with van der Waals surface area (Å²) in [6.07, 6.45) is 5.44. The topological polar surface area (TPSA) is 66.5 Å². The zero-order valence-electron chi connectivity index (χ0n) is 13.8. The molecule has 0 bridgehead atoms. The lowest BCUT2D eigenvalue weighted by Crippen LogP contribution is -2.38. The van der Waals surface area contributed by atoms with E-state index in [9.17, 15) is 17.6 Å². The third kappa shape index (κ3) is 4.02. The van der Waals surface area contributed by atoms with E-state index in [0.29, 0.717) is 6.54 Å². The summed E-state index contributed by atoms with van der Waals surface area (Å²) in [5, 5.41) is 0. The van der Waals surface area contributed by atoms with Crippen molar-refractivity contribution in [3.8, 4) is 0 Å². The van der Waals surface area contributed by atoms with Crippen LogP contribution >= 0.6 is 0 Å². The van der Waals surface area contributed by atoms with Crippen LogP contribution in [0.25, 0.3) is 0 Å². The molecule has 0 spiro atoms. The maximum Gasteiger partial charge on any atom is 0.254 e. The van der Waals surface area contributed by atoms with E-state index in [0.717, 1.165) is 37.8 Å². The molecule has 1 amide bonds. The van der Waals surface area contributed by atoms with E-state index >= 15 is 0 Å². The molecule has 0 unspecified atom stereocenters. The van der Waals surface area contributed by atoms with Gasteiger partial charge in [0.15, 0.2) is 0 Å². The Morgan fingerprint density at radius 3 is 2.67 bits per heavy atom. The number of carbonyl (C=O) groups is 1. The van der Waals surface area contributed by atoms with Crippen molar-refractivity contribution >= 4 is 15.9 Å². The smallest absolute Gasteiger partial charge is 0.254 e. The number of benzene rings is 1. The Bertz CT molecular complexity index is 713. The number of rotatable bonds is 7. The summed E-state index contributed by atoms with van der Waals surface area (Å²) < 4.78 is 40.5. The normalized spacial score (nSPS) is 15.4. The van der Waals surface area contributed by atoms with Gasteiger partial charge >= 0.3 is 0 Å². The van der Waals surface area contributed by atoms with Crippen molar-refractivity contribution in [2.45, 2.75) is 43.5 Å². The number of carbonyl (C=O) groups excluding carboxylic acids is 1. The fourth-order valence-corrected chi connectivity index (χ4v) is 4.14. The predicted octanol–water partition coefficient (Wildman–Crippen LogP) is 2.69. The van der Waals surface area contributed by atoms with Gasteiger partial charge in [-0.2, -0.15) is 0 Å². The van der Waals surface area contributed by atoms with Crippen molar-refractivity contribution in [2.75, 3.05) is 13.1 Å². The number of amides is 1. The largest absolute Gasteiger partial charge is 0.336 e. The fourth-order valence-electron chi connectivity index (χ4n) is 3.04. The molecule has 0 radical (unpaired) electrons. The number of sulfonamides is 1. The van der Waals surface area contributed by atoms with E-state index in [1.807, 2.05) is 6.92 Å². The van der Waals surface area contributed by atoms with Gasteiger partial charge in [0.25, 0.3) is 5.91 Å². The minimum atomic E-state index is -4.03. The summed E-state index contributed by atoms with van der Waals surface area (Å²) in [7, 11) is -4.03. The van der Waals surface area contributed by atoms with Crippen LogP contribution < -0.4 is 4.72 Å². The minimum Gasteiger partial charge on any atom is -0.336 e. The third-order valence-electron chi connectivity index (χ3n) is 4.25. The van der Waals surface area contributed by atoms with Gasteiger partial charge in [0.1, 0.15) is 10.7 Å². The van der Waals surface area contributed by atoms with Crippen LogP contribution in [0.2, 0.25) is 0 Å². The number of nitrogens with zero attached hydrogens (tertiary/aromatic N) is 1. The molecule has 0 aliphatic heterocycles. The van der Waals surface area contributed by atoms with E-state index in [1.165, 1.54) is 12.1 Å². The van der Waals surface area contributed by atoms with Gasteiger partial charge in [-0.1, -0.05) is 18.9 Å². The first kappa shape index (κ1) is 18.6. The summed E-state index contributed by atoms with van der Waals surface area (Å²) in [5.74, 6) is -1.14. The van der Waals surface area contributed by atoms with E-state index in [1.54, 1.807) is 4.90 Å². The van der Waals surface area contributed by atoms with Crippen molar-refractivity contribution in [3.05, 3.63) is 42.2 Å². The van der Waals surface area contributed by atoms with E-state index in [-0.39, 0.29) is 24.1 Å². The first-order valence-electron chi connectivity index (χ1n) is 8.11. The Morgan fingerprint density at radius 1 is 1.42 bits per heavy atom. The van der Waals surface area contributed by atoms with Crippen LogP contribution in [-0.4, -0.2) is 38.4 Å². The molecule has 0 atom stereocenters. The lowest BCUT2D eigenvalue weighted by atomic mass is 10.1. The third-order valence-corrected chi connectivity index (χ3v) is 5.69. The summed E-state index contributed by atoms with van der Waals surface area (Å²) >= 11 is 0. The van der Waals surface area contributed by atoms with Gasteiger partial charge in [0.2, 0.25) is 10.0 Å². The van der Waals surface area contributed by atoms with Gasteiger partial charge in [-0.15, -0.1) is 6.58 Å². The molecule has 1 aliphatic rings. The lowest BCUT2D eigenvalue weighted by molar-refractivity contribution is 0.0693. The maximum absolute atomic E-state index is 14.0. The second-order valence-corrected chi connectivity index (χ2v) is 7.55. The Kier molecular flexibility index (Phi) is 6.12. The van der Waals surface area contributed by atoms with Crippen LogP contribution in [0.1, 0.15) is 43.0 Å². The second-order valence-electron chi connectivity index (χ2n) is 5.82. The average molecular weight is 354 g/mol. The van der Waals surface area contributed by atoms with E-state index in [2.05, 4.69) is 11.3 Å². The highest BCUT2D eigenvalue weighted by molar-refractivity contribution is 7.89. The molecule has 1 aliphatic carbocycles. The van der Waals surface area contributed by atoms with Gasteiger partial charge in [0, 0.05) is 24.7 Å². The van der Waals surface area contributed by atoms with Crippen molar-refractivity contribution in [1.82, 2.24) is 9.62 Å². The SMILES string of the molecule is C=CCNS(=O)(=O)c1cc(C(=O)N(CC)C2CCCC2)ccc1F. The van der Waals surface area contributed by atoms with Crippen LogP contribution in [0, 0.1) is 5.82 Å². The second kappa shape index (κ2) is 7.90. The Labute approximate surface area is 142 Å². The molecule has 24 heavy (non-hydrogen) atoms. The first-order chi connectivity index (χ1) is 11.4. The predicted molar refractivity (Wildman–Crippen MR) is 90.8 cm³/mol. The van der Waals surface area contributed by atoms with Crippen molar-refractivity contribution in [1.29, 1.82) is 0 Å². The quantitative estimate of drug-likeness (QED) is 0.766. The van der Waals surface area contributed by atoms with Gasteiger partial charge in [-0.25, -0.2) is 17.5 Å². The molecule has 2 rings (SSSR count). The van der Waals surface area contributed by atoms with Gasteiger partial charge in [0.05, 0.1) is 0 Å². The Balaban J connectivity index is 2.32. The molecule has 5 nitrogen and oxygen atoms in total. The van der Waals surface area contributed by atoms with Crippen LogP contribution in [-0.2, 0) is 10.0 Å². The summed E-state index contributed by atoms with van der Waals surface area (Å²) in [5.41, 5.74) is 0.184. The number of hydrogen-bond acceptors (Lipinski definition) is 3. The molecule has 0 aromatic heterocycles. The molecule has 0 heterocycles. The molecular formula is C17H23FN2O3S. The van der Waals surface area contributed by atoms with Crippen molar-refractivity contribution in [3.63, 3.8) is 0 Å². The summed E-state index contributed by atoms with van der Waals surface area (Å²) in [6.45, 7) is 5.84. The van der Waals surface area contributed by atoms with Crippen LogP contribution in [0.3, 0.4) is 0 Å². The zero-order chi connectivity index (χ0) is 17.7. The molecule has 0 saturated heterocycles. The Morgan fingerprint density at radius 2 is 2.08 bits per heavy atom. The lowest BCUT2D eigenvalue weighted by Gasteiger charge is -2.28. The van der Waals surface area contributed by atoms with E-state index in [4.69, 9.17) is 0 Å². The van der Waals surface area contributed by atoms with Crippen molar-refractivity contribution < 1.29 is 17.6 Å². The monoisotopic (exact) mass is 354 g/mol. The number of nitrogens with one attached hydrogen (secondary N) is 1. The summed E-state index contributed by atoms with van der Waals surface area (Å²) in [6, 6.07) is 3.65. The van der Waals surface area contributed by atoms with Crippen LogP contribution in [0.4, 0.5) is 4.39 Å². The van der Waals surface area contributed by atoms with E-state index < -0.39 is 20.7 Å². The van der Waals surface area contributed by atoms with Gasteiger partial charge in [-0.3, -0.25) is 4.79 Å². The molecular weight excluding hydrogens is 331 g/mol. The highest BCUT2D eigenvalue weighted by Gasteiger charge is 2.28. The molecule has 1 aromatic carbocycles. The molecule has 7 heteroatoms. The van der Waals surface area contributed by atoms with Crippen molar-refractivity contribution in [2.24, 2.45) is 0 Å². The van der Waals surface area contributed by atoms with Crippen LogP contribution in [0.5, 0.6) is 0 Å². The highest BCUT2D eigenvalue weighted by Crippen LogP contribution is 2.25. The fraction of sp³-hybridized carbons (Fsp3) is 0.471. The van der Waals surface area contributed by atoms with Gasteiger partial charge < -0.3 is 4.90 Å².